The summed E-state index contributed by atoms with van der Waals surface area (Å²) in [5.74, 6) is -1.33. The third-order valence-electron chi connectivity index (χ3n) is 3.58. The number of aliphatic carboxylic acids is 1. The number of rotatable bonds is 7. The molecule has 126 valence electrons. The van der Waals surface area contributed by atoms with Crippen molar-refractivity contribution in [1.82, 2.24) is 5.32 Å². The maximum Gasteiger partial charge on any atom is 0.408 e. The Bertz CT molecular complexity index is 674. The molecule has 0 saturated carbocycles. The Labute approximate surface area is 139 Å². The third-order valence-corrected chi connectivity index (χ3v) is 3.58. The van der Waals surface area contributed by atoms with Crippen LogP contribution in [0.15, 0.2) is 60.7 Å². The van der Waals surface area contributed by atoms with Crippen molar-refractivity contribution in [2.24, 2.45) is 0 Å². The van der Waals surface area contributed by atoms with Crippen LogP contribution in [0.25, 0.3) is 0 Å². The van der Waals surface area contributed by atoms with E-state index in [2.05, 4.69) is 5.32 Å². The van der Waals surface area contributed by atoms with Crippen molar-refractivity contribution in [3.05, 3.63) is 71.8 Å². The van der Waals surface area contributed by atoms with Crippen molar-refractivity contribution in [3.63, 3.8) is 0 Å². The van der Waals surface area contributed by atoms with E-state index in [0.29, 0.717) is 5.56 Å². The number of benzene rings is 2. The van der Waals surface area contributed by atoms with E-state index in [0.717, 1.165) is 5.56 Å². The van der Waals surface area contributed by atoms with Gasteiger partial charge in [-0.25, -0.2) is 9.59 Å². The molecular weight excluding hydrogens is 310 g/mol. The first kappa shape index (κ1) is 17.5. The normalized spacial score (nSPS) is 12.9. The maximum absolute atomic E-state index is 12.0. The molecule has 2 aromatic rings. The molecule has 6 nitrogen and oxygen atoms in total. The largest absolute Gasteiger partial charge is 0.479 e. The standard InChI is InChI=1S/C18H19NO5/c20-13-18(16(21)22,11-14-7-3-1-4-8-14)19-17(23)24-12-15-9-5-2-6-10-15/h1-10,20H,11-13H2,(H,19,23)(H,21,22). The van der Waals surface area contributed by atoms with Gasteiger partial charge in [-0.05, 0) is 11.1 Å². The fourth-order valence-electron chi connectivity index (χ4n) is 2.24. The number of aliphatic hydroxyl groups excluding tert-OH is 1. The zero-order chi connectivity index (χ0) is 17.4. The lowest BCUT2D eigenvalue weighted by Crippen LogP contribution is -2.58. The summed E-state index contributed by atoms with van der Waals surface area (Å²) in [7, 11) is 0. The summed E-state index contributed by atoms with van der Waals surface area (Å²) in [5.41, 5.74) is -0.382. The molecule has 0 saturated heterocycles. The zero-order valence-corrected chi connectivity index (χ0v) is 13.0. The third kappa shape index (κ3) is 4.57. The molecule has 0 heterocycles. The summed E-state index contributed by atoms with van der Waals surface area (Å²) in [6, 6.07) is 17.8. The number of aliphatic hydroxyl groups is 1. The van der Waals surface area contributed by atoms with Crippen LogP contribution in [0, 0.1) is 0 Å². The van der Waals surface area contributed by atoms with E-state index in [4.69, 9.17) is 4.74 Å². The van der Waals surface area contributed by atoms with E-state index < -0.39 is 24.2 Å². The minimum atomic E-state index is -1.84. The summed E-state index contributed by atoms with van der Waals surface area (Å²) >= 11 is 0. The van der Waals surface area contributed by atoms with Gasteiger partial charge in [0.2, 0.25) is 0 Å². The Morgan fingerprint density at radius 1 is 0.958 bits per heavy atom. The van der Waals surface area contributed by atoms with Gasteiger partial charge in [-0.1, -0.05) is 60.7 Å². The minimum Gasteiger partial charge on any atom is -0.479 e. The molecule has 1 atom stereocenters. The van der Waals surface area contributed by atoms with Crippen molar-refractivity contribution >= 4 is 12.1 Å². The topological polar surface area (TPSA) is 95.9 Å². The van der Waals surface area contributed by atoms with Crippen LogP contribution in [-0.2, 0) is 22.6 Å². The number of hydrogen-bond donors (Lipinski definition) is 3. The fourth-order valence-corrected chi connectivity index (χ4v) is 2.24. The van der Waals surface area contributed by atoms with E-state index in [1.165, 1.54) is 0 Å². The van der Waals surface area contributed by atoms with Crippen molar-refractivity contribution < 1.29 is 24.5 Å². The maximum atomic E-state index is 12.0. The van der Waals surface area contributed by atoms with Crippen molar-refractivity contribution in [2.45, 2.75) is 18.6 Å². The Morgan fingerprint density at radius 3 is 2.00 bits per heavy atom. The van der Waals surface area contributed by atoms with E-state index in [9.17, 15) is 19.8 Å². The van der Waals surface area contributed by atoms with Crippen molar-refractivity contribution in [2.75, 3.05) is 6.61 Å². The second-order valence-electron chi connectivity index (χ2n) is 5.39. The molecule has 0 aliphatic rings. The molecule has 2 aromatic carbocycles. The Morgan fingerprint density at radius 2 is 1.50 bits per heavy atom. The monoisotopic (exact) mass is 329 g/mol. The molecule has 0 fully saturated rings. The second-order valence-corrected chi connectivity index (χ2v) is 5.39. The number of alkyl carbamates (subject to hydrolysis) is 1. The van der Waals surface area contributed by atoms with Gasteiger partial charge in [-0.15, -0.1) is 0 Å². The van der Waals surface area contributed by atoms with Gasteiger partial charge in [0.05, 0.1) is 6.61 Å². The molecule has 0 aromatic heterocycles. The summed E-state index contributed by atoms with van der Waals surface area (Å²) in [6.45, 7) is -0.739. The lowest BCUT2D eigenvalue weighted by atomic mass is 9.91. The summed E-state index contributed by atoms with van der Waals surface area (Å²) in [5, 5.41) is 21.4. The van der Waals surface area contributed by atoms with Gasteiger partial charge in [0.25, 0.3) is 0 Å². The SMILES string of the molecule is O=C(NC(CO)(Cc1ccccc1)C(=O)O)OCc1ccccc1. The van der Waals surface area contributed by atoms with Crippen LogP contribution in [0.1, 0.15) is 11.1 Å². The van der Waals surface area contributed by atoms with E-state index >= 15 is 0 Å². The molecule has 0 radical (unpaired) electrons. The molecule has 0 aliphatic carbocycles. The quantitative estimate of drug-likeness (QED) is 0.722. The van der Waals surface area contributed by atoms with E-state index in [1.54, 1.807) is 54.6 Å². The first-order valence-corrected chi connectivity index (χ1v) is 7.43. The number of carboxylic acids is 1. The Hall–Kier alpha value is -2.86. The average molecular weight is 329 g/mol. The molecule has 3 N–H and O–H groups in total. The summed E-state index contributed by atoms with van der Waals surface area (Å²) in [4.78, 5) is 23.6. The zero-order valence-electron chi connectivity index (χ0n) is 13.0. The predicted octanol–water partition coefficient (Wildman–Crippen LogP) is 1.97. The highest BCUT2D eigenvalue weighted by atomic mass is 16.5. The van der Waals surface area contributed by atoms with Gasteiger partial charge in [0.1, 0.15) is 6.61 Å². The van der Waals surface area contributed by atoms with Crippen molar-refractivity contribution in [3.8, 4) is 0 Å². The van der Waals surface area contributed by atoms with Crippen LogP contribution >= 0.6 is 0 Å². The lowest BCUT2D eigenvalue weighted by molar-refractivity contribution is -0.146. The van der Waals surface area contributed by atoms with Gasteiger partial charge < -0.3 is 20.3 Å². The first-order chi connectivity index (χ1) is 11.6. The van der Waals surface area contributed by atoms with Crippen molar-refractivity contribution in [1.29, 1.82) is 0 Å². The summed E-state index contributed by atoms with van der Waals surface area (Å²) < 4.78 is 5.05. The highest BCUT2D eigenvalue weighted by Gasteiger charge is 2.40. The molecule has 1 amide bonds. The average Bonchev–Trinajstić information content (AvgIpc) is 2.61. The number of carbonyl (C=O) groups is 2. The smallest absolute Gasteiger partial charge is 0.408 e. The number of carbonyl (C=O) groups excluding carboxylic acids is 1. The van der Waals surface area contributed by atoms with Gasteiger partial charge in [-0.3, -0.25) is 0 Å². The van der Waals surface area contributed by atoms with Crippen LogP contribution in [0.2, 0.25) is 0 Å². The van der Waals surface area contributed by atoms with E-state index in [-0.39, 0.29) is 13.0 Å². The van der Waals surface area contributed by atoms with Gasteiger partial charge in [0.15, 0.2) is 5.54 Å². The van der Waals surface area contributed by atoms with E-state index in [1.807, 2.05) is 6.07 Å². The molecule has 0 bridgehead atoms. The number of nitrogens with one attached hydrogen (secondary N) is 1. The van der Waals surface area contributed by atoms with Gasteiger partial charge >= 0.3 is 12.1 Å². The van der Waals surface area contributed by atoms with Crippen LogP contribution in [-0.4, -0.2) is 34.4 Å². The lowest BCUT2D eigenvalue weighted by Gasteiger charge is -2.28. The molecule has 6 heteroatoms. The number of amides is 1. The number of ether oxygens (including phenoxy) is 1. The Balaban J connectivity index is 2.05. The number of carboxylic acid groups (broad SMARTS) is 1. The molecule has 0 spiro atoms. The minimum absolute atomic E-state index is 0.0130. The summed E-state index contributed by atoms with van der Waals surface area (Å²) in [6.07, 6.45) is -0.952. The fraction of sp³-hybridized carbons (Fsp3) is 0.222. The first-order valence-electron chi connectivity index (χ1n) is 7.43. The molecular formula is C18H19NO5. The molecule has 24 heavy (non-hydrogen) atoms. The molecule has 1 unspecified atom stereocenters. The Kier molecular flexibility index (Phi) is 5.92. The highest BCUT2D eigenvalue weighted by molar-refractivity contribution is 5.85. The predicted molar refractivity (Wildman–Crippen MR) is 87.4 cm³/mol. The van der Waals surface area contributed by atoms with Gasteiger partial charge in [-0.2, -0.15) is 0 Å². The van der Waals surface area contributed by atoms with Crippen LogP contribution in [0.4, 0.5) is 4.79 Å². The number of hydrogen-bond acceptors (Lipinski definition) is 4. The van der Waals surface area contributed by atoms with Gasteiger partial charge in [0, 0.05) is 6.42 Å². The molecule has 0 aliphatic heterocycles. The van der Waals surface area contributed by atoms with Crippen LogP contribution < -0.4 is 5.32 Å². The van der Waals surface area contributed by atoms with Crippen LogP contribution in [0.5, 0.6) is 0 Å². The van der Waals surface area contributed by atoms with Crippen LogP contribution in [0.3, 0.4) is 0 Å². The highest BCUT2D eigenvalue weighted by Crippen LogP contribution is 2.15. The molecule has 2 rings (SSSR count). The second kappa shape index (κ2) is 8.12.